The highest BCUT2D eigenvalue weighted by Crippen LogP contribution is 2.31. The van der Waals surface area contributed by atoms with Crippen molar-refractivity contribution in [3.05, 3.63) is 35.4 Å². The van der Waals surface area contributed by atoms with Crippen molar-refractivity contribution >= 4 is 5.96 Å². The number of benzene rings is 1. The molecule has 3 atom stereocenters. The molecule has 0 bridgehead atoms. The van der Waals surface area contributed by atoms with Crippen molar-refractivity contribution in [3.63, 3.8) is 0 Å². The van der Waals surface area contributed by atoms with Crippen LogP contribution in [0.2, 0.25) is 0 Å². The standard InChI is InChI=1S/C24H40N4O2/c1-19-12-20(2)15-28(14-19)16-22-7-5-4-6-21(22)13-26-23(25-3)27-17-24(8-10-29)9-11-30-18-24/h4-7,19-20,29H,8-18H2,1-3H3,(H2,25,26,27). The molecule has 6 heteroatoms. The van der Waals surface area contributed by atoms with Crippen LogP contribution < -0.4 is 10.6 Å². The van der Waals surface area contributed by atoms with Gasteiger partial charge in [0.25, 0.3) is 0 Å². The van der Waals surface area contributed by atoms with Crippen LogP contribution in [-0.2, 0) is 17.8 Å². The minimum absolute atomic E-state index is 0.00588. The van der Waals surface area contributed by atoms with Gasteiger partial charge in [-0.05, 0) is 42.2 Å². The second-order valence-electron chi connectivity index (χ2n) is 9.46. The Labute approximate surface area is 182 Å². The number of piperidine rings is 1. The van der Waals surface area contributed by atoms with Crippen LogP contribution in [0.25, 0.3) is 0 Å². The van der Waals surface area contributed by atoms with E-state index in [1.165, 1.54) is 30.6 Å². The molecule has 0 amide bonds. The van der Waals surface area contributed by atoms with E-state index in [1.54, 1.807) is 0 Å². The summed E-state index contributed by atoms with van der Waals surface area (Å²) >= 11 is 0. The third-order valence-electron chi connectivity index (χ3n) is 6.58. The lowest BCUT2D eigenvalue weighted by atomic mass is 9.84. The minimum Gasteiger partial charge on any atom is -0.396 e. The van der Waals surface area contributed by atoms with Crippen molar-refractivity contribution in [2.75, 3.05) is 46.5 Å². The first-order chi connectivity index (χ1) is 14.5. The largest absolute Gasteiger partial charge is 0.396 e. The number of ether oxygens (including phenoxy) is 1. The van der Waals surface area contributed by atoms with Gasteiger partial charge < -0.3 is 20.5 Å². The summed E-state index contributed by atoms with van der Waals surface area (Å²) in [6.45, 7) is 11.3. The van der Waals surface area contributed by atoms with Gasteiger partial charge in [-0.1, -0.05) is 38.1 Å². The number of aliphatic hydroxyl groups excluding tert-OH is 1. The highest BCUT2D eigenvalue weighted by atomic mass is 16.5. The summed E-state index contributed by atoms with van der Waals surface area (Å²) in [5.74, 6) is 2.34. The maximum absolute atomic E-state index is 9.43. The zero-order valence-electron chi connectivity index (χ0n) is 19.0. The van der Waals surface area contributed by atoms with Gasteiger partial charge in [0.1, 0.15) is 0 Å². The number of nitrogens with zero attached hydrogens (tertiary/aromatic N) is 2. The number of aliphatic hydroxyl groups is 1. The lowest BCUT2D eigenvalue weighted by Crippen LogP contribution is -2.44. The SMILES string of the molecule is CN=C(NCc1ccccc1CN1CC(C)CC(C)C1)NCC1(CCO)CCOC1. The van der Waals surface area contributed by atoms with Gasteiger partial charge in [0.05, 0.1) is 6.61 Å². The number of likely N-dealkylation sites (tertiary alicyclic amines) is 1. The van der Waals surface area contributed by atoms with Gasteiger partial charge in [-0.3, -0.25) is 9.89 Å². The normalized spacial score (nSPS) is 27.9. The topological polar surface area (TPSA) is 69.1 Å². The maximum atomic E-state index is 9.43. The molecule has 3 N–H and O–H groups in total. The van der Waals surface area contributed by atoms with Gasteiger partial charge in [-0.15, -0.1) is 0 Å². The number of hydrogen-bond donors (Lipinski definition) is 3. The number of rotatable bonds is 8. The fraction of sp³-hybridized carbons (Fsp3) is 0.708. The monoisotopic (exact) mass is 416 g/mol. The summed E-state index contributed by atoms with van der Waals surface area (Å²) in [7, 11) is 1.81. The molecule has 2 aliphatic heterocycles. The smallest absolute Gasteiger partial charge is 0.191 e. The molecule has 0 aliphatic carbocycles. The van der Waals surface area contributed by atoms with Crippen LogP contribution in [0.1, 0.15) is 44.2 Å². The van der Waals surface area contributed by atoms with Crippen LogP contribution >= 0.6 is 0 Å². The Morgan fingerprint density at radius 1 is 1.20 bits per heavy atom. The molecule has 2 heterocycles. The number of guanidine groups is 1. The van der Waals surface area contributed by atoms with Gasteiger partial charge in [0.2, 0.25) is 0 Å². The second kappa shape index (κ2) is 11.1. The van der Waals surface area contributed by atoms with E-state index >= 15 is 0 Å². The van der Waals surface area contributed by atoms with Crippen LogP contribution in [0.4, 0.5) is 0 Å². The number of hydrogen-bond acceptors (Lipinski definition) is 4. The minimum atomic E-state index is 0.00588. The van der Waals surface area contributed by atoms with Crippen LogP contribution in [0.5, 0.6) is 0 Å². The highest BCUT2D eigenvalue weighted by Gasteiger charge is 2.34. The predicted octanol–water partition coefficient (Wildman–Crippen LogP) is 2.62. The molecule has 3 rings (SSSR count). The molecule has 168 valence electrons. The zero-order chi connectivity index (χ0) is 21.4. The van der Waals surface area contributed by atoms with E-state index in [0.29, 0.717) is 6.61 Å². The van der Waals surface area contributed by atoms with Crippen molar-refractivity contribution in [1.29, 1.82) is 0 Å². The van der Waals surface area contributed by atoms with Gasteiger partial charge >= 0.3 is 0 Å². The van der Waals surface area contributed by atoms with E-state index in [4.69, 9.17) is 4.74 Å². The Kier molecular flexibility index (Phi) is 8.54. The summed E-state index contributed by atoms with van der Waals surface area (Å²) in [6.07, 6.45) is 3.07. The summed E-state index contributed by atoms with van der Waals surface area (Å²) in [5.41, 5.74) is 2.72. The maximum Gasteiger partial charge on any atom is 0.191 e. The Hall–Kier alpha value is -1.63. The second-order valence-corrected chi connectivity index (χ2v) is 9.46. The quantitative estimate of drug-likeness (QED) is 0.449. The number of aliphatic imine (C=N–C) groups is 1. The molecule has 1 aromatic rings. The van der Waals surface area contributed by atoms with Crippen molar-refractivity contribution < 1.29 is 9.84 Å². The molecule has 1 aromatic carbocycles. The van der Waals surface area contributed by atoms with E-state index in [2.05, 4.69) is 58.6 Å². The van der Waals surface area contributed by atoms with Crippen molar-refractivity contribution in [1.82, 2.24) is 15.5 Å². The number of nitrogens with one attached hydrogen (secondary N) is 2. The molecular weight excluding hydrogens is 376 g/mol. The van der Waals surface area contributed by atoms with E-state index in [0.717, 1.165) is 56.9 Å². The first kappa shape index (κ1) is 23.0. The molecular formula is C24H40N4O2. The average Bonchev–Trinajstić information content (AvgIpc) is 3.17. The lowest BCUT2D eigenvalue weighted by Gasteiger charge is -2.35. The molecule has 0 saturated carbocycles. The van der Waals surface area contributed by atoms with Crippen LogP contribution in [-0.4, -0.2) is 62.5 Å². The highest BCUT2D eigenvalue weighted by molar-refractivity contribution is 5.79. The van der Waals surface area contributed by atoms with Crippen molar-refractivity contribution in [2.24, 2.45) is 22.2 Å². The molecule has 2 saturated heterocycles. The Bertz CT molecular complexity index is 678. The Morgan fingerprint density at radius 2 is 1.93 bits per heavy atom. The third-order valence-corrected chi connectivity index (χ3v) is 6.58. The zero-order valence-corrected chi connectivity index (χ0v) is 19.0. The Balaban J connectivity index is 1.55. The van der Waals surface area contributed by atoms with E-state index in [-0.39, 0.29) is 12.0 Å². The fourth-order valence-electron chi connectivity index (χ4n) is 5.03. The van der Waals surface area contributed by atoms with E-state index in [9.17, 15) is 5.11 Å². The van der Waals surface area contributed by atoms with Crippen LogP contribution in [0.15, 0.2) is 29.3 Å². The van der Waals surface area contributed by atoms with Gasteiger partial charge in [-0.25, -0.2) is 0 Å². The van der Waals surface area contributed by atoms with E-state index < -0.39 is 0 Å². The van der Waals surface area contributed by atoms with Crippen LogP contribution in [0, 0.1) is 17.3 Å². The fourth-order valence-corrected chi connectivity index (χ4v) is 5.03. The first-order valence-corrected chi connectivity index (χ1v) is 11.5. The van der Waals surface area contributed by atoms with Crippen molar-refractivity contribution in [2.45, 2.75) is 46.2 Å². The lowest BCUT2D eigenvalue weighted by molar-refractivity contribution is 0.127. The Morgan fingerprint density at radius 3 is 2.57 bits per heavy atom. The average molecular weight is 417 g/mol. The van der Waals surface area contributed by atoms with Crippen molar-refractivity contribution in [3.8, 4) is 0 Å². The third kappa shape index (κ3) is 6.43. The van der Waals surface area contributed by atoms with Gasteiger partial charge in [-0.2, -0.15) is 0 Å². The first-order valence-electron chi connectivity index (χ1n) is 11.5. The summed E-state index contributed by atoms with van der Waals surface area (Å²) in [5, 5.41) is 16.4. The van der Waals surface area contributed by atoms with E-state index in [1.807, 2.05) is 7.05 Å². The van der Waals surface area contributed by atoms with Gasteiger partial charge in [0, 0.05) is 58.4 Å². The summed E-state index contributed by atoms with van der Waals surface area (Å²) < 4.78 is 5.60. The molecule has 30 heavy (non-hydrogen) atoms. The van der Waals surface area contributed by atoms with Crippen LogP contribution in [0.3, 0.4) is 0 Å². The molecule has 0 radical (unpaired) electrons. The predicted molar refractivity (Wildman–Crippen MR) is 122 cm³/mol. The molecule has 2 aliphatic rings. The summed E-state index contributed by atoms with van der Waals surface area (Å²) in [6, 6.07) is 8.72. The molecule has 0 aromatic heterocycles. The molecule has 2 fully saturated rings. The molecule has 3 unspecified atom stereocenters. The summed E-state index contributed by atoms with van der Waals surface area (Å²) in [4.78, 5) is 7.00. The molecule has 6 nitrogen and oxygen atoms in total. The van der Waals surface area contributed by atoms with Gasteiger partial charge in [0.15, 0.2) is 5.96 Å². The molecule has 0 spiro atoms.